The number of amides is 1. The molecule has 2 unspecified atom stereocenters. The van der Waals surface area contributed by atoms with E-state index in [2.05, 4.69) is 17.1 Å². The molecule has 2 aliphatic heterocycles. The van der Waals surface area contributed by atoms with Gasteiger partial charge in [0.1, 0.15) is 0 Å². The summed E-state index contributed by atoms with van der Waals surface area (Å²) in [6, 6.07) is 3.92. The fraction of sp³-hybridized carbons (Fsp3) is 0.533. The SMILES string of the molecule is COC1CN(c2cc3c(cc2N)CC(=O)N3)CCC1C. The van der Waals surface area contributed by atoms with E-state index in [-0.39, 0.29) is 12.0 Å². The Kier molecular flexibility index (Phi) is 3.30. The van der Waals surface area contributed by atoms with E-state index in [4.69, 9.17) is 10.5 Å². The van der Waals surface area contributed by atoms with Gasteiger partial charge in [0.15, 0.2) is 0 Å². The number of hydrogen-bond acceptors (Lipinski definition) is 4. The number of hydrogen-bond donors (Lipinski definition) is 2. The van der Waals surface area contributed by atoms with Gasteiger partial charge in [0.25, 0.3) is 0 Å². The zero-order chi connectivity index (χ0) is 14.3. The van der Waals surface area contributed by atoms with Gasteiger partial charge in [-0.25, -0.2) is 0 Å². The van der Waals surface area contributed by atoms with E-state index in [0.717, 1.165) is 42.1 Å². The first kappa shape index (κ1) is 13.2. The van der Waals surface area contributed by atoms with Crippen molar-refractivity contribution in [1.29, 1.82) is 0 Å². The second-order valence-electron chi connectivity index (χ2n) is 5.78. The van der Waals surface area contributed by atoms with Gasteiger partial charge in [-0.15, -0.1) is 0 Å². The molecule has 1 amide bonds. The molecule has 3 N–H and O–H groups in total. The third kappa shape index (κ3) is 2.22. The normalized spacial score (nSPS) is 25.5. The van der Waals surface area contributed by atoms with Crippen LogP contribution in [0.3, 0.4) is 0 Å². The molecule has 3 rings (SSSR count). The Hall–Kier alpha value is -1.75. The second-order valence-corrected chi connectivity index (χ2v) is 5.78. The van der Waals surface area contributed by atoms with Crippen molar-refractivity contribution in [2.24, 2.45) is 5.92 Å². The lowest BCUT2D eigenvalue weighted by atomic mass is 9.95. The molecule has 108 valence electrons. The summed E-state index contributed by atoms with van der Waals surface area (Å²) in [7, 11) is 1.76. The number of nitrogen functional groups attached to an aromatic ring is 1. The van der Waals surface area contributed by atoms with E-state index in [1.165, 1.54) is 0 Å². The third-order valence-corrected chi connectivity index (χ3v) is 4.41. The zero-order valence-electron chi connectivity index (χ0n) is 12.0. The van der Waals surface area contributed by atoms with Crippen LogP contribution in [0.1, 0.15) is 18.9 Å². The Labute approximate surface area is 119 Å². The van der Waals surface area contributed by atoms with Gasteiger partial charge in [0.05, 0.1) is 23.9 Å². The van der Waals surface area contributed by atoms with Gasteiger partial charge in [-0.05, 0) is 30.0 Å². The minimum atomic E-state index is 0.0404. The molecule has 2 atom stereocenters. The van der Waals surface area contributed by atoms with Crippen molar-refractivity contribution in [3.63, 3.8) is 0 Å². The van der Waals surface area contributed by atoms with Crippen molar-refractivity contribution >= 4 is 23.0 Å². The maximum absolute atomic E-state index is 11.5. The van der Waals surface area contributed by atoms with Crippen LogP contribution in [0.5, 0.6) is 0 Å². The molecular weight excluding hydrogens is 254 g/mol. The summed E-state index contributed by atoms with van der Waals surface area (Å²) in [5.74, 6) is 0.602. The Balaban J connectivity index is 1.87. The Morgan fingerprint density at radius 3 is 3.00 bits per heavy atom. The highest BCUT2D eigenvalue weighted by Gasteiger charge is 2.28. The average molecular weight is 275 g/mol. The smallest absolute Gasteiger partial charge is 0.228 e. The van der Waals surface area contributed by atoms with E-state index in [0.29, 0.717) is 12.3 Å². The van der Waals surface area contributed by atoms with Crippen molar-refractivity contribution in [2.45, 2.75) is 25.9 Å². The van der Waals surface area contributed by atoms with Crippen LogP contribution < -0.4 is 16.0 Å². The number of piperidine rings is 1. The number of anilines is 3. The summed E-state index contributed by atoms with van der Waals surface area (Å²) in [6.45, 7) is 4.03. The number of rotatable bonds is 2. The van der Waals surface area contributed by atoms with E-state index < -0.39 is 0 Å². The maximum Gasteiger partial charge on any atom is 0.228 e. The molecule has 0 radical (unpaired) electrons. The molecule has 0 saturated carbocycles. The molecule has 0 aromatic heterocycles. The molecule has 1 fully saturated rings. The number of nitrogens with one attached hydrogen (secondary N) is 1. The summed E-state index contributed by atoms with van der Waals surface area (Å²) in [5.41, 5.74) is 9.80. The highest BCUT2D eigenvalue weighted by molar-refractivity contribution is 6.00. The number of benzene rings is 1. The quantitative estimate of drug-likeness (QED) is 0.805. The number of nitrogens with two attached hydrogens (primary N) is 1. The highest BCUT2D eigenvalue weighted by Crippen LogP contribution is 2.35. The summed E-state index contributed by atoms with van der Waals surface area (Å²) in [4.78, 5) is 13.7. The van der Waals surface area contributed by atoms with Crippen molar-refractivity contribution in [3.05, 3.63) is 17.7 Å². The topological polar surface area (TPSA) is 67.6 Å². The van der Waals surface area contributed by atoms with Gasteiger partial charge < -0.3 is 20.7 Å². The fourth-order valence-corrected chi connectivity index (χ4v) is 3.12. The predicted octanol–water partition coefficient (Wildman–Crippen LogP) is 1.62. The highest BCUT2D eigenvalue weighted by atomic mass is 16.5. The first-order valence-electron chi connectivity index (χ1n) is 7.08. The molecular formula is C15H21N3O2. The van der Waals surface area contributed by atoms with Crippen LogP contribution >= 0.6 is 0 Å². The average Bonchev–Trinajstić information content (AvgIpc) is 2.77. The first-order valence-corrected chi connectivity index (χ1v) is 7.08. The Bertz CT molecular complexity index is 544. The molecule has 0 bridgehead atoms. The Morgan fingerprint density at radius 2 is 2.25 bits per heavy atom. The number of carbonyl (C=O) groups is 1. The van der Waals surface area contributed by atoms with Crippen LogP contribution in [0, 0.1) is 5.92 Å². The molecule has 2 heterocycles. The van der Waals surface area contributed by atoms with Gasteiger partial charge in [0.2, 0.25) is 5.91 Å². The lowest BCUT2D eigenvalue weighted by molar-refractivity contribution is -0.115. The largest absolute Gasteiger partial charge is 0.397 e. The van der Waals surface area contributed by atoms with Crippen LogP contribution in [0.25, 0.3) is 0 Å². The molecule has 20 heavy (non-hydrogen) atoms. The summed E-state index contributed by atoms with van der Waals surface area (Å²) >= 11 is 0. The zero-order valence-corrected chi connectivity index (χ0v) is 12.0. The number of ether oxygens (including phenoxy) is 1. The lowest BCUT2D eigenvalue weighted by Crippen LogP contribution is -2.44. The van der Waals surface area contributed by atoms with Crippen molar-refractivity contribution in [3.8, 4) is 0 Å². The molecule has 5 nitrogen and oxygen atoms in total. The van der Waals surface area contributed by atoms with E-state index in [1.54, 1.807) is 7.11 Å². The van der Waals surface area contributed by atoms with Crippen LogP contribution in [-0.4, -0.2) is 32.2 Å². The van der Waals surface area contributed by atoms with Crippen LogP contribution in [-0.2, 0) is 16.0 Å². The summed E-state index contributed by atoms with van der Waals surface area (Å²) < 4.78 is 5.55. The van der Waals surface area contributed by atoms with Crippen LogP contribution in [0.15, 0.2) is 12.1 Å². The molecule has 1 aromatic carbocycles. The Morgan fingerprint density at radius 1 is 1.45 bits per heavy atom. The standard InChI is InChI=1S/C15H21N3O2/c1-9-3-4-18(8-14(9)20-2)13-7-12-10(5-11(13)16)6-15(19)17-12/h5,7,9,14H,3-4,6,8,16H2,1-2H3,(H,17,19). The van der Waals surface area contributed by atoms with Gasteiger partial charge >= 0.3 is 0 Å². The minimum Gasteiger partial charge on any atom is -0.397 e. The van der Waals surface area contributed by atoms with Gasteiger partial charge in [-0.1, -0.05) is 6.92 Å². The van der Waals surface area contributed by atoms with E-state index in [1.807, 2.05) is 12.1 Å². The molecule has 0 spiro atoms. The molecule has 5 heteroatoms. The van der Waals surface area contributed by atoms with Crippen molar-refractivity contribution in [1.82, 2.24) is 0 Å². The maximum atomic E-state index is 11.5. The van der Waals surface area contributed by atoms with Gasteiger partial charge in [-0.3, -0.25) is 4.79 Å². The number of carbonyl (C=O) groups excluding carboxylic acids is 1. The number of methoxy groups -OCH3 is 1. The minimum absolute atomic E-state index is 0.0404. The fourth-order valence-electron chi connectivity index (χ4n) is 3.12. The lowest BCUT2D eigenvalue weighted by Gasteiger charge is -2.38. The molecule has 0 aliphatic carbocycles. The number of nitrogens with zero attached hydrogens (tertiary/aromatic N) is 1. The van der Waals surface area contributed by atoms with Crippen molar-refractivity contribution < 1.29 is 9.53 Å². The van der Waals surface area contributed by atoms with Crippen LogP contribution in [0.4, 0.5) is 17.1 Å². The van der Waals surface area contributed by atoms with Crippen LogP contribution in [0.2, 0.25) is 0 Å². The monoisotopic (exact) mass is 275 g/mol. The van der Waals surface area contributed by atoms with E-state index in [9.17, 15) is 4.79 Å². The third-order valence-electron chi connectivity index (χ3n) is 4.41. The summed E-state index contributed by atoms with van der Waals surface area (Å²) in [5, 5.41) is 2.89. The first-order chi connectivity index (χ1) is 9.58. The molecule has 2 aliphatic rings. The van der Waals surface area contributed by atoms with Gasteiger partial charge in [-0.2, -0.15) is 0 Å². The van der Waals surface area contributed by atoms with Crippen molar-refractivity contribution in [2.75, 3.05) is 36.1 Å². The van der Waals surface area contributed by atoms with Gasteiger partial charge in [0, 0.05) is 25.9 Å². The summed E-state index contributed by atoms with van der Waals surface area (Å²) in [6.07, 6.45) is 1.74. The van der Waals surface area contributed by atoms with E-state index >= 15 is 0 Å². The second kappa shape index (κ2) is 4.98. The number of fused-ring (bicyclic) bond motifs is 1. The predicted molar refractivity (Wildman–Crippen MR) is 80.0 cm³/mol. The molecule has 1 saturated heterocycles. The molecule has 1 aromatic rings.